The highest BCUT2D eigenvalue weighted by molar-refractivity contribution is 6.21. The number of piperidine rings is 1. The molecular weight excluding hydrogens is 312 g/mol. The summed E-state index contributed by atoms with van der Waals surface area (Å²) in [5.41, 5.74) is 4.54. The SMILES string of the molecule is C/C=C(/C(=O)N1CCCCC1)c1cc(-c2cncnc2)ccc1NC. The molecule has 0 atom stereocenters. The molecule has 0 unspecified atom stereocenters. The second kappa shape index (κ2) is 7.92. The molecule has 2 heterocycles. The van der Waals surface area contributed by atoms with Crippen molar-refractivity contribution in [3.8, 4) is 11.1 Å². The Kier molecular flexibility index (Phi) is 5.43. The molecule has 0 radical (unpaired) electrons. The van der Waals surface area contributed by atoms with Gasteiger partial charge in [0.15, 0.2) is 0 Å². The van der Waals surface area contributed by atoms with E-state index >= 15 is 0 Å². The predicted molar refractivity (Wildman–Crippen MR) is 101 cm³/mol. The molecule has 0 saturated carbocycles. The standard InChI is InChI=1S/C20H24N4O/c1-3-17(20(25)24-9-5-4-6-10-24)18-11-15(7-8-19(18)21-2)16-12-22-14-23-13-16/h3,7-8,11-14,21H,4-6,9-10H2,1-2H3/b17-3+. The number of carbonyl (C=O) groups excluding carboxylic acids is 1. The summed E-state index contributed by atoms with van der Waals surface area (Å²) in [6, 6.07) is 6.07. The van der Waals surface area contributed by atoms with Crippen molar-refractivity contribution in [2.75, 3.05) is 25.5 Å². The minimum Gasteiger partial charge on any atom is -0.388 e. The molecule has 0 bridgehead atoms. The molecule has 130 valence electrons. The van der Waals surface area contributed by atoms with E-state index in [-0.39, 0.29) is 5.91 Å². The van der Waals surface area contributed by atoms with Gasteiger partial charge in [0, 0.05) is 54.9 Å². The van der Waals surface area contributed by atoms with Crippen LogP contribution in [0.1, 0.15) is 31.7 Å². The lowest BCUT2D eigenvalue weighted by atomic mass is 9.96. The molecule has 1 fully saturated rings. The van der Waals surface area contributed by atoms with Crippen molar-refractivity contribution in [1.29, 1.82) is 0 Å². The van der Waals surface area contributed by atoms with Gasteiger partial charge in [0.05, 0.1) is 0 Å². The van der Waals surface area contributed by atoms with E-state index in [4.69, 9.17) is 0 Å². The maximum atomic E-state index is 13.1. The molecule has 2 aromatic rings. The van der Waals surface area contributed by atoms with E-state index < -0.39 is 0 Å². The summed E-state index contributed by atoms with van der Waals surface area (Å²) in [6.07, 6.45) is 10.4. The second-order valence-electron chi connectivity index (χ2n) is 6.19. The molecule has 0 aliphatic carbocycles. The number of rotatable bonds is 4. The highest BCUT2D eigenvalue weighted by Crippen LogP contribution is 2.31. The van der Waals surface area contributed by atoms with Crippen LogP contribution in [0.25, 0.3) is 16.7 Å². The first-order chi connectivity index (χ1) is 12.2. The van der Waals surface area contributed by atoms with Crippen LogP contribution in [0.4, 0.5) is 5.69 Å². The van der Waals surface area contributed by atoms with Crippen molar-refractivity contribution < 1.29 is 4.79 Å². The van der Waals surface area contributed by atoms with Gasteiger partial charge in [-0.05, 0) is 43.9 Å². The van der Waals surface area contributed by atoms with Crippen molar-refractivity contribution in [1.82, 2.24) is 14.9 Å². The number of carbonyl (C=O) groups is 1. The van der Waals surface area contributed by atoms with Gasteiger partial charge in [-0.15, -0.1) is 0 Å². The zero-order valence-electron chi connectivity index (χ0n) is 14.8. The van der Waals surface area contributed by atoms with Crippen LogP contribution in [0.2, 0.25) is 0 Å². The monoisotopic (exact) mass is 336 g/mol. The van der Waals surface area contributed by atoms with Crippen molar-refractivity contribution in [2.45, 2.75) is 26.2 Å². The van der Waals surface area contributed by atoms with Crippen LogP contribution in [-0.2, 0) is 4.79 Å². The van der Waals surface area contributed by atoms with Gasteiger partial charge in [-0.3, -0.25) is 4.79 Å². The summed E-state index contributed by atoms with van der Waals surface area (Å²) in [7, 11) is 1.88. The third-order valence-electron chi connectivity index (χ3n) is 4.64. The Bertz CT molecular complexity index is 765. The summed E-state index contributed by atoms with van der Waals surface area (Å²) in [4.78, 5) is 23.2. The van der Waals surface area contributed by atoms with Crippen LogP contribution in [0, 0.1) is 0 Å². The fourth-order valence-corrected chi connectivity index (χ4v) is 3.27. The number of aromatic nitrogens is 2. The lowest BCUT2D eigenvalue weighted by molar-refractivity contribution is -0.125. The van der Waals surface area contributed by atoms with Crippen molar-refractivity contribution >= 4 is 17.2 Å². The maximum Gasteiger partial charge on any atom is 0.254 e. The van der Waals surface area contributed by atoms with Crippen molar-refractivity contribution in [2.24, 2.45) is 0 Å². The van der Waals surface area contributed by atoms with E-state index in [9.17, 15) is 4.79 Å². The Balaban J connectivity index is 1.99. The normalized spacial score (nSPS) is 15.1. The lowest BCUT2D eigenvalue weighted by Gasteiger charge is -2.28. The minimum absolute atomic E-state index is 0.111. The summed E-state index contributed by atoms with van der Waals surface area (Å²) >= 11 is 0. The fraction of sp³-hybridized carbons (Fsp3) is 0.350. The number of hydrogen-bond acceptors (Lipinski definition) is 4. The van der Waals surface area contributed by atoms with Gasteiger partial charge < -0.3 is 10.2 Å². The van der Waals surface area contributed by atoms with E-state index in [0.717, 1.165) is 53.9 Å². The summed E-state index contributed by atoms with van der Waals surface area (Å²) in [5, 5.41) is 3.20. The number of hydrogen-bond donors (Lipinski definition) is 1. The Hall–Kier alpha value is -2.69. The number of likely N-dealkylation sites (tertiary alicyclic amines) is 1. The van der Waals surface area contributed by atoms with Crippen molar-refractivity contribution in [3.63, 3.8) is 0 Å². The van der Waals surface area contributed by atoms with E-state index in [1.54, 1.807) is 12.4 Å². The van der Waals surface area contributed by atoms with Gasteiger partial charge in [0.25, 0.3) is 5.91 Å². The third kappa shape index (κ3) is 3.71. The molecule has 3 rings (SSSR count). The molecule has 1 aromatic heterocycles. The maximum absolute atomic E-state index is 13.1. The smallest absolute Gasteiger partial charge is 0.254 e. The number of anilines is 1. The summed E-state index contributed by atoms with van der Waals surface area (Å²) < 4.78 is 0. The zero-order valence-corrected chi connectivity index (χ0v) is 14.8. The fourth-order valence-electron chi connectivity index (χ4n) is 3.27. The van der Waals surface area contributed by atoms with Crippen LogP contribution >= 0.6 is 0 Å². The number of nitrogens with zero attached hydrogens (tertiary/aromatic N) is 3. The first kappa shape index (κ1) is 17.1. The minimum atomic E-state index is 0.111. The van der Waals surface area contributed by atoms with E-state index in [2.05, 4.69) is 15.3 Å². The molecule has 1 amide bonds. The van der Waals surface area contributed by atoms with Gasteiger partial charge in [-0.2, -0.15) is 0 Å². The average Bonchev–Trinajstić information content (AvgIpc) is 2.69. The molecule has 1 saturated heterocycles. The van der Waals surface area contributed by atoms with E-state index in [1.165, 1.54) is 12.7 Å². The van der Waals surface area contributed by atoms with Gasteiger partial charge in [0.2, 0.25) is 0 Å². The van der Waals surface area contributed by atoms with Crippen LogP contribution in [-0.4, -0.2) is 40.9 Å². The van der Waals surface area contributed by atoms with Crippen molar-refractivity contribution in [3.05, 3.63) is 48.6 Å². The topological polar surface area (TPSA) is 58.1 Å². The molecule has 25 heavy (non-hydrogen) atoms. The number of allylic oxidation sites excluding steroid dienone is 1. The van der Waals surface area contributed by atoms with Crippen LogP contribution in [0.15, 0.2) is 43.0 Å². The largest absolute Gasteiger partial charge is 0.388 e. The van der Waals surface area contributed by atoms with E-state index in [1.807, 2.05) is 43.1 Å². The first-order valence-electron chi connectivity index (χ1n) is 8.77. The summed E-state index contributed by atoms with van der Waals surface area (Å²) in [6.45, 7) is 3.61. The number of amides is 1. The van der Waals surface area contributed by atoms with E-state index in [0.29, 0.717) is 0 Å². The Morgan fingerprint density at radius 3 is 2.48 bits per heavy atom. The molecule has 5 nitrogen and oxygen atoms in total. The summed E-state index contributed by atoms with van der Waals surface area (Å²) in [5.74, 6) is 0.111. The third-order valence-corrected chi connectivity index (χ3v) is 4.64. The first-order valence-corrected chi connectivity index (χ1v) is 8.77. The molecule has 5 heteroatoms. The predicted octanol–water partition coefficient (Wildman–Crippen LogP) is 3.60. The Labute approximate surface area is 148 Å². The lowest BCUT2D eigenvalue weighted by Crippen LogP contribution is -2.36. The molecule has 1 N–H and O–H groups in total. The van der Waals surface area contributed by atoms with Gasteiger partial charge in [-0.25, -0.2) is 9.97 Å². The molecular formula is C20H24N4O. The van der Waals surface area contributed by atoms with Crippen LogP contribution in [0.3, 0.4) is 0 Å². The van der Waals surface area contributed by atoms with Gasteiger partial charge in [0.1, 0.15) is 6.33 Å². The average molecular weight is 336 g/mol. The zero-order chi connectivity index (χ0) is 17.6. The molecule has 1 aliphatic rings. The molecule has 1 aliphatic heterocycles. The number of benzene rings is 1. The highest BCUT2D eigenvalue weighted by Gasteiger charge is 2.22. The Morgan fingerprint density at radius 1 is 1.12 bits per heavy atom. The highest BCUT2D eigenvalue weighted by atomic mass is 16.2. The molecule has 0 spiro atoms. The van der Waals surface area contributed by atoms with Gasteiger partial charge >= 0.3 is 0 Å². The Morgan fingerprint density at radius 2 is 1.84 bits per heavy atom. The van der Waals surface area contributed by atoms with Gasteiger partial charge in [-0.1, -0.05) is 12.1 Å². The van der Waals surface area contributed by atoms with Crippen LogP contribution < -0.4 is 5.32 Å². The second-order valence-corrected chi connectivity index (χ2v) is 6.19. The molecule has 1 aromatic carbocycles. The number of nitrogens with one attached hydrogen (secondary N) is 1. The quantitative estimate of drug-likeness (QED) is 0.867. The van der Waals surface area contributed by atoms with Crippen LogP contribution in [0.5, 0.6) is 0 Å².